The molecular formula is C26H28N2O. The molecule has 1 heterocycles. The van der Waals surface area contributed by atoms with E-state index < -0.39 is 0 Å². The summed E-state index contributed by atoms with van der Waals surface area (Å²) in [6.07, 6.45) is 1.78. The molecule has 0 aliphatic heterocycles. The van der Waals surface area contributed by atoms with Crippen molar-refractivity contribution in [3.63, 3.8) is 0 Å². The first-order chi connectivity index (χ1) is 14.2. The number of benzene rings is 3. The van der Waals surface area contributed by atoms with Crippen molar-refractivity contribution in [2.45, 2.75) is 39.2 Å². The number of aromatic nitrogens is 2. The van der Waals surface area contributed by atoms with E-state index in [0.29, 0.717) is 12.5 Å². The number of nitrogens with zero attached hydrogens (tertiary/aromatic N) is 2. The Morgan fingerprint density at radius 1 is 0.862 bits per heavy atom. The highest BCUT2D eigenvalue weighted by molar-refractivity contribution is 5.76. The van der Waals surface area contributed by atoms with E-state index in [1.165, 1.54) is 16.6 Å². The minimum absolute atomic E-state index is 0.460. The number of hydrogen-bond acceptors (Lipinski definition) is 2. The van der Waals surface area contributed by atoms with Crippen LogP contribution in [0.5, 0.6) is 5.75 Å². The average Bonchev–Trinajstić information content (AvgIpc) is 3.09. The van der Waals surface area contributed by atoms with Crippen LogP contribution < -0.4 is 4.74 Å². The second kappa shape index (κ2) is 8.95. The molecule has 4 aromatic rings. The van der Waals surface area contributed by atoms with Crippen molar-refractivity contribution in [3.05, 3.63) is 95.8 Å². The van der Waals surface area contributed by atoms with Crippen LogP contribution in [0.2, 0.25) is 0 Å². The Kier molecular flexibility index (Phi) is 5.95. The molecule has 0 saturated heterocycles. The third kappa shape index (κ3) is 4.51. The number of aryl methyl sites for hydroxylation is 1. The highest BCUT2D eigenvalue weighted by Crippen LogP contribution is 2.26. The first-order valence-electron chi connectivity index (χ1n) is 10.4. The highest BCUT2D eigenvalue weighted by Gasteiger charge is 2.11. The largest absolute Gasteiger partial charge is 0.493 e. The number of rotatable bonds is 8. The molecular weight excluding hydrogens is 356 g/mol. The molecule has 0 fully saturated rings. The Bertz CT molecular complexity index is 1070. The Balaban J connectivity index is 1.48. The highest BCUT2D eigenvalue weighted by atomic mass is 16.5. The van der Waals surface area contributed by atoms with E-state index >= 15 is 0 Å². The van der Waals surface area contributed by atoms with E-state index in [-0.39, 0.29) is 0 Å². The van der Waals surface area contributed by atoms with Gasteiger partial charge in [-0.15, -0.1) is 0 Å². The van der Waals surface area contributed by atoms with Gasteiger partial charge in [0.1, 0.15) is 11.6 Å². The molecule has 0 unspecified atom stereocenters. The summed E-state index contributed by atoms with van der Waals surface area (Å²) >= 11 is 0. The molecule has 3 aromatic carbocycles. The summed E-state index contributed by atoms with van der Waals surface area (Å²) in [4.78, 5) is 4.90. The second-order valence-corrected chi connectivity index (χ2v) is 7.73. The van der Waals surface area contributed by atoms with Crippen molar-refractivity contribution in [2.75, 3.05) is 6.61 Å². The van der Waals surface area contributed by atoms with Crippen molar-refractivity contribution < 1.29 is 4.74 Å². The van der Waals surface area contributed by atoms with Gasteiger partial charge < -0.3 is 9.30 Å². The third-order valence-electron chi connectivity index (χ3n) is 5.26. The third-order valence-corrected chi connectivity index (χ3v) is 5.26. The summed E-state index contributed by atoms with van der Waals surface area (Å²) in [7, 11) is 0. The van der Waals surface area contributed by atoms with Crippen molar-refractivity contribution in [3.8, 4) is 5.75 Å². The van der Waals surface area contributed by atoms with Crippen molar-refractivity contribution in [1.82, 2.24) is 9.55 Å². The zero-order valence-corrected chi connectivity index (χ0v) is 17.2. The lowest BCUT2D eigenvalue weighted by Gasteiger charge is -2.14. The van der Waals surface area contributed by atoms with Crippen LogP contribution in [-0.2, 0) is 13.0 Å². The lowest BCUT2D eigenvalue weighted by molar-refractivity contribution is 0.298. The fourth-order valence-corrected chi connectivity index (χ4v) is 3.78. The first-order valence-corrected chi connectivity index (χ1v) is 10.4. The summed E-state index contributed by atoms with van der Waals surface area (Å²) in [5.41, 5.74) is 4.81. The average molecular weight is 385 g/mol. The van der Waals surface area contributed by atoms with Gasteiger partial charge in [-0.2, -0.15) is 0 Å². The second-order valence-electron chi connectivity index (χ2n) is 7.73. The zero-order chi connectivity index (χ0) is 20.1. The fraction of sp³-hybridized carbons (Fsp3) is 0.269. The van der Waals surface area contributed by atoms with Gasteiger partial charge in [-0.05, 0) is 41.7 Å². The van der Waals surface area contributed by atoms with Crippen molar-refractivity contribution >= 4 is 11.0 Å². The summed E-state index contributed by atoms with van der Waals surface area (Å²) in [6, 6.07) is 27.3. The smallest absolute Gasteiger partial charge is 0.122 e. The number of hydrogen-bond donors (Lipinski definition) is 0. The summed E-state index contributed by atoms with van der Waals surface area (Å²) in [6.45, 7) is 6.00. The number of para-hydroxylation sites is 3. The number of imidazole rings is 1. The number of ether oxygens (including phenoxy) is 1. The van der Waals surface area contributed by atoms with Gasteiger partial charge in [-0.3, -0.25) is 0 Å². The molecule has 0 bridgehead atoms. The maximum atomic E-state index is 6.13. The minimum Gasteiger partial charge on any atom is -0.493 e. The van der Waals surface area contributed by atoms with Crippen LogP contribution in [-0.4, -0.2) is 16.2 Å². The predicted molar refractivity (Wildman–Crippen MR) is 120 cm³/mol. The van der Waals surface area contributed by atoms with Gasteiger partial charge in [0.25, 0.3) is 0 Å². The lowest BCUT2D eigenvalue weighted by Crippen LogP contribution is -2.09. The molecule has 29 heavy (non-hydrogen) atoms. The van der Waals surface area contributed by atoms with Crippen LogP contribution in [0, 0.1) is 0 Å². The van der Waals surface area contributed by atoms with Crippen molar-refractivity contribution in [1.29, 1.82) is 0 Å². The van der Waals surface area contributed by atoms with Crippen molar-refractivity contribution in [2.24, 2.45) is 0 Å². The molecule has 0 aliphatic carbocycles. The molecule has 0 aliphatic rings. The minimum atomic E-state index is 0.460. The zero-order valence-electron chi connectivity index (χ0n) is 17.2. The molecule has 4 rings (SSSR count). The molecule has 0 atom stereocenters. The summed E-state index contributed by atoms with van der Waals surface area (Å²) in [5.74, 6) is 2.57. The van der Waals surface area contributed by atoms with Crippen LogP contribution in [0.4, 0.5) is 0 Å². The Morgan fingerprint density at radius 2 is 1.59 bits per heavy atom. The number of fused-ring (bicyclic) bond motifs is 1. The van der Waals surface area contributed by atoms with Gasteiger partial charge in [0, 0.05) is 13.0 Å². The van der Waals surface area contributed by atoms with E-state index in [2.05, 4.69) is 91.2 Å². The van der Waals surface area contributed by atoms with Crippen LogP contribution in [0.15, 0.2) is 78.9 Å². The first kappa shape index (κ1) is 19.3. The molecule has 0 spiro atoms. The molecule has 0 amide bonds. The topological polar surface area (TPSA) is 27.1 Å². The quantitative estimate of drug-likeness (QED) is 0.337. The van der Waals surface area contributed by atoms with Gasteiger partial charge >= 0.3 is 0 Å². The van der Waals surface area contributed by atoms with Crippen LogP contribution in [0.1, 0.15) is 43.1 Å². The maximum absolute atomic E-state index is 6.13. The van der Waals surface area contributed by atoms with E-state index in [4.69, 9.17) is 9.72 Å². The molecule has 1 aromatic heterocycles. The van der Waals surface area contributed by atoms with Gasteiger partial charge in [0.2, 0.25) is 0 Å². The monoisotopic (exact) mass is 384 g/mol. The van der Waals surface area contributed by atoms with Crippen LogP contribution in [0.3, 0.4) is 0 Å². The fourth-order valence-electron chi connectivity index (χ4n) is 3.78. The predicted octanol–water partition coefficient (Wildman–Crippen LogP) is 6.22. The SMILES string of the molecule is CC(C)c1ccccc1OCCCn1c(Cc2ccccc2)nc2ccccc21. The summed E-state index contributed by atoms with van der Waals surface area (Å²) in [5, 5.41) is 0. The maximum Gasteiger partial charge on any atom is 0.122 e. The van der Waals surface area contributed by atoms with Gasteiger partial charge in [-0.1, -0.05) is 74.5 Å². The van der Waals surface area contributed by atoms with Gasteiger partial charge in [-0.25, -0.2) is 4.98 Å². The molecule has 148 valence electrons. The Labute approximate surface area is 173 Å². The Hall–Kier alpha value is -3.07. The van der Waals surface area contributed by atoms with Gasteiger partial charge in [0.05, 0.1) is 17.6 Å². The molecule has 3 nitrogen and oxygen atoms in total. The van der Waals surface area contributed by atoms with Gasteiger partial charge in [0.15, 0.2) is 0 Å². The molecule has 0 radical (unpaired) electrons. The van der Waals surface area contributed by atoms with E-state index in [1.807, 2.05) is 6.07 Å². The van der Waals surface area contributed by atoms with E-state index in [0.717, 1.165) is 36.5 Å². The molecule has 0 N–H and O–H groups in total. The van der Waals surface area contributed by atoms with E-state index in [1.54, 1.807) is 0 Å². The van der Waals surface area contributed by atoms with Crippen LogP contribution in [0.25, 0.3) is 11.0 Å². The molecule has 0 saturated carbocycles. The lowest BCUT2D eigenvalue weighted by atomic mass is 10.0. The standard InChI is InChI=1S/C26H28N2O/c1-20(2)22-13-6-9-16-25(22)29-18-10-17-28-24-15-8-7-14-23(24)27-26(28)19-21-11-4-3-5-12-21/h3-9,11-16,20H,10,17-19H2,1-2H3. The molecule has 3 heteroatoms. The van der Waals surface area contributed by atoms with E-state index in [9.17, 15) is 0 Å². The summed E-state index contributed by atoms with van der Waals surface area (Å²) < 4.78 is 8.48. The normalized spacial score (nSPS) is 11.3. The van der Waals surface area contributed by atoms with Crippen LogP contribution >= 0.6 is 0 Å². The Morgan fingerprint density at radius 3 is 2.41 bits per heavy atom.